The number of alkyl carbamates (subject to hydrolysis) is 1. The molecule has 0 bridgehead atoms. The summed E-state index contributed by atoms with van der Waals surface area (Å²) < 4.78 is 51.3. The molecule has 5 aliphatic rings. The summed E-state index contributed by atoms with van der Waals surface area (Å²) in [6.45, 7) is 7.50. The summed E-state index contributed by atoms with van der Waals surface area (Å²) in [5.74, 6) is 0.156. The van der Waals surface area contributed by atoms with Crippen LogP contribution >= 0.6 is 11.8 Å². The van der Waals surface area contributed by atoms with E-state index >= 15 is 0 Å². The molecule has 0 radical (unpaired) electrons. The number of pyridine rings is 1. The fourth-order valence-electron chi connectivity index (χ4n) is 7.45. The number of rotatable bonds is 8. The number of nitrogens with one attached hydrogen (secondary N) is 3. The van der Waals surface area contributed by atoms with Crippen LogP contribution in [0.15, 0.2) is 36.4 Å². The second-order valence-corrected chi connectivity index (χ2v) is 19.4. The predicted octanol–water partition coefficient (Wildman–Crippen LogP) is 2.89. The molecule has 4 heterocycles. The number of aromatic nitrogens is 1. The first-order chi connectivity index (χ1) is 27.2. The number of anilines is 1. The number of thioether (sulfide) groups is 1. The highest BCUT2D eigenvalue weighted by atomic mass is 32.2. The summed E-state index contributed by atoms with van der Waals surface area (Å²) >= 11 is 1.50. The molecule has 3 N–H and O–H groups in total. The number of morpholine rings is 1. The number of methoxy groups -OCH3 is 1. The Labute approximate surface area is 337 Å². The third kappa shape index (κ3) is 9.54. The Morgan fingerprint density at radius 2 is 1.89 bits per heavy atom. The Hall–Kier alpha value is -4.29. The third-order valence-electron chi connectivity index (χ3n) is 10.7. The summed E-state index contributed by atoms with van der Waals surface area (Å²) in [5.41, 5.74) is -2.34. The number of ether oxygens (including phenoxy) is 4. The van der Waals surface area contributed by atoms with Crippen LogP contribution in [0.1, 0.15) is 59.3 Å². The molecular formula is C39H52N6O10S2. The molecule has 2 aromatic rings. The first-order valence-corrected chi connectivity index (χ1v) is 22.3. The van der Waals surface area contributed by atoms with Crippen LogP contribution in [0.2, 0.25) is 0 Å². The molecule has 0 spiro atoms. The van der Waals surface area contributed by atoms with Crippen molar-refractivity contribution in [2.45, 2.75) is 93.9 Å². The van der Waals surface area contributed by atoms with Crippen molar-refractivity contribution in [3.05, 3.63) is 36.4 Å². The van der Waals surface area contributed by atoms with Gasteiger partial charge in [-0.3, -0.25) is 19.1 Å². The van der Waals surface area contributed by atoms with Crippen molar-refractivity contribution in [2.75, 3.05) is 56.4 Å². The maximum absolute atomic E-state index is 14.6. The molecule has 7 rings (SSSR count). The lowest BCUT2D eigenvalue weighted by atomic mass is 10.1. The second-order valence-electron chi connectivity index (χ2n) is 16.2. The minimum atomic E-state index is -3.91. The van der Waals surface area contributed by atoms with Gasteiger partial charge in [-0.05, 0) is 88.3 Å². The van der Waals surface area contributed by atoms with E-state index in [1.807, 2.05) is 30.4 Å². The number of sulfonamides is 1. The molecule has 4 fully saturated rings. The molecule has 1 aromatic heterocycles. The van der Waals surface area contributed by atoms with Crippen LogP contribution < -0.4 is 29.7 Å². The van der Waals surface area contributed by atoms with Crippen LogP contribution in [-0.2, 0) is 33.9 Å². The first-order valence-electron chi connectivity index (χ1n) is 19.6. The lowest BCUT2D eigenvalue weighted by molar-refractivity contribution is -0.140. The van der Waals surface area contributed by atoms with E-state index in [1.54, 1.807) is 33.9 Å². The average molecular weight is 829 g/mol. The molecule has 0 unspecified atom stereocenters. The summed E-state index contributed by atoms with van der Waals surface area (Å²) in [7, 11) is -2.32. The van der Waals surface area contributed by atoms with Gasteiger partial charge in [0.05, 0.1) is 32.1 Å². The fourth-order valence-corrected chi connectivity index (χ4v) is 9.81. The van der Waals surface area contributed by atoms with Gasteiger partial charge < -0.3 is 39.4 Å². The van der Waals surface area contributed by atoms with Gasteiger partial charge in [0.1, 0.15) is 40.9 Å². The van der Waals surface area contributed by atoms with Gasteiger partial charge in [-0.15, -0.1) is 0 Å². The second kappa shape index (κ2) is 16.5. The molecule has 4 amide bonds. The summed E-state index contributed by atoms with van der Waals surface area (Å²) in [4.78, 5) is 64.4. The highest BCUT2D eigenvalue weighted by Gasteiger charge is 2.62. The van der Waals surface area contributed by atoms with Crippen molar-refractivity contribution in [2.24, 2.45) is 5.92 Å². The van der Waals surface area contributed by atoms with Crippen LogP contribution in [0.25, 0.3) is 10.8 Å². The third-order valence-corrected chi connectivity index (χ3v) is 13.7. The molecule has 310 valence electrons. The SMILES string of the molecule is COc1ccc2c(O[C@@H]3C[C@H]4C(=O)N[C@]5(C(=O)NS(=O)(=O)C6CC6)C[C@H]5/C=C\CCCSC[C@H](NC(=O)OC(C)(C)C)C(=O)N4C3)nc(N3CCOCC3)cc2c1. The topological polar surface area (TPSA) is 195 Å². The maximum atomic E-state index is 14.6. The van der Waals surface area contributed by atoms with Gasteiger partial charge in [0.2, 0.25) is 27.7 Å². The van der Waals surface area contributed by atoms with E-state index in [-0.39, 0.29) is 25.1 Å². The van der Waals surface area contributed by atoms with Crippen molar-refractivity contribution in [1.29, 1.82) is 0 Å². The van der Waals surface area contributed by atoms with Crippen molar-refractivity contribution in [3.8, 4) is 11.6 Å². The molecular weight excluding hydrogens is 777 g/mol. The van der Waals surface area contributed by atoms with Gasteiger partial charge in [0, 0.05) is 36.6 Å². The molecule has 2 saturated heterocycles. The van der Waals surface area contributed by atoms with Crippen LogP contribution in [0.4, 0.5) is 10.6 Å². The number of hydrogen-bond donors (Lipinski definition) is 3. The molecule has 1 aromatic carbocycles. The zero-order valence-electron chi connectivity index (χ0n) is 32.8. The standard InChI is InChI=1S/C39H52N6O10S2/c1-38(2,3)55-37(49)40-30-23-56-17-7-5-6-8-25-21-39(25,36(48)43-57(50,51)28-10-11-28)42-33(46)31-20-27(22-45(31)35(30)47)54-34-29-12-9-26(52-4)18-24(29)19-32(41-34)44-13-15-53-16-14-44/h6,8-9,12,18-19,25,27-28,30-31H,5,7,10-11,13-17,20-23H2,1-4H3,(H,40,49)(H,42,46)(H,43,48)/b8-6-/t25-,27-,30+,31+,39-/m1/s1. The van der Waals surface area contributed by atoms with Gasteiger partial charge in [0.25, 0.3) is 5.91 Å². The number of nitrogens with zero attached hydrogens (tertiary/aromatic N) is 3. The van der Waals surface area contributed by atoms with Crippen molar-refractivity contribution in [3.63, 3.8) is 0 Å². The number of fused-ring (bicyclic) bond motifs is 3. The van der Waals surface area contributed by atoms with Gasteiger partial charge in [0.15, 0.2) is 0 Å². The van der Waals surface area contributed by atoms with E-state index in [0.29, 0.717) is 74.2 Å². The number of carbonyl (C=O) groups excluding carboxylic acids is 4. The van der Waals surface area contributed by atoms with Crippen molar-refractivity contribution < 1.29 is 46.5 Å². The normalized spacial score (nSPS) is 27.9. The fraction of sp³-hybridized carbons (Fsp3) is 0.615. The number of carbonyl (C=O) groups is 4. The van der Waals surface area contributed by atoms with Crippen molar-refractivity contribution in [1.82, 2.24) is 25.2 Å². The van der Waals surface area contributed by atoms with E-state index in [4.69, 9.17) is 23.9 Å². The average Bonchev–Trinajstić information content (AvgIpc) is 4.09. The van der Waals surface area contributed by atoms with Gasteiger partial charge in [-0.25, -0.2) is 13.2 Å². The van der Waals surface area contributed by atoms with Crippen molar-refractivity contribution >= 4 is 62.2 Å². The Morgan fingerprint density at radius 3 is 2.61 bits per heavy atom. The van der Waals surface area contributed by atoms with Crippen LogP contribution in [0.3, 0.4) is 0 Å². The Morgan fingerprint density at radius 1 is 1.12 bits per heavy atom. The van der Waals surface area contributed by atoms with E-state index in [9.17, 15) is 27.6 Å². The summed E-state index contributed by atoms with van der Waals surface area (Å²) in [6, 6.07) is 5.32. The molecule has 2 saturated carbocycles. The first kappa shape index (κ1) is 40.9. The van der Waals surface area contributed by atoms with E-state index in [1.165, 1.54) is 16.7 Å². The minimum Gasteiger partial charge on any atom is -0.497 e. The predicted molar refractivity (Wildman–Crippen MR) is 214 cm³/mol. The van der Waals surface area contributed by atoms with Crippen LogP contribution in [-0.4, -0.2) is 128 Å². The highest BCUT2D eigenvalue weighted by Crippen LogP contribution is 2.46. The zero-order chi connectivity index (χ0) is 40.5. The maximum Gasteiger partial charge on any atom is 0.408 e. The van der Waals surface area contributed by atoms with Crippen LogP contribution in [0, 0.1) is 5.92 Å². The van der Waals surface area contributed by atoms with E-state index in [0.717, 1.165) is 11.8 Å². The van der Waals surface area contributed by atoms with E-state index in [2.05, 4.69) is 20.3 Å². The van der Waals surface area contributed by atoms with Gasteiger partial charge >= 0.3 is 6.09 Å². The molecule has 3 aliphatic heterocycles. The smallest absolute Gasteiger partial charge is 0.408 e. The number of benzene rings is 1. The Kier molecular flexibility index (Phi) is 11.9. The number of allylic oxidation sites excluding steroid dienone is 1. The number of hydrogen-bond acceptors (Lipinski definition) is 13. The Balaban J connectivity index is 1.21. The molecule has 16 nitrogen and oxygen atoms in total. The van der Waals surface area contributed by atoms with E-state index < -0.39 is 74.3 Å². The Bertz CT molecular complexity index is 2020. The molecule has 5 atom stereocenters. The quantitative estimate of drug-likeness (QED) is 0.329. The number of amides is 4. The largest absolute Gasteiger partial charge is 0.497 e. The summed E-state index contributed by atoms with van der Waals surface area (Å²) in [5, 5.41) is 6.53. The monoisotopic (exact) mass is 828 g/mol. The molecule has 2 aliphatic carbocycles. The lowest BCUT2D eigenvalue weighted by Crippen LogP contribution is -2.58. The van der Waals surface area contributed by atoms with Gasteiger partial charge in [-0.1, -0.05) is 12.2 Å². The highest BCUT2D eigenvalue weighted by molar-refractivity contribution is 7.99. The van der Waals surface area contributed by atoms with Gasteiger partial charge in [-0.2, -0.15) is 16.7 Å². The molecule has 18 heteroatoms. The zero-order valence-corrected chi connectivity index (χ0v) is 34.4. The minimum absolute atomic E-state index is 0.0313. The summed E-state index contributed by atoms with van der Waals surface area (Å²) in [6.07, 6.45) is 4.89. The molecule has 57 heavy (non-hydrogen) atoms. The lowest BCUT2D eigenvalue weighted by Gasteiger charge is -2.30. The van der Waals surface area contributed by atoms with Crippen LogP contribution in [0.5, 0.6) is 11.6 Å².